The Bertz CT molecular complexity index is 1140. The van der Waals surface area contributed by atoms with Crippen molar-refractivity contribution in [1.29, 1.82) is 0 Å². The average Bonchev–Trinajstić information content (AvgIpc) is 2.82. The molecule has 0 bridgehead atoms. The molecule has 0 atom stereocenters. The van der Waals surface area contributed by atoms with Crippen LogP contribution >= 0.6 is 23.2 Å². The Labute approximate surface area is 202 Å². The molecule has 1 amide bonds. The van der Waals surface area contributed by atoms with Crippen LogP contribution in [0, 0.1) is 0 Å². The van der Waals surface area contributed by atoms with Gasteiger partial charge in [-0.25, -0.2) is 0 Å². The van der Waals surface area contributed by atoms with Gasteiger partial charge < -0.3 is 24.3 Å². The second kappa shape index (κ2) is 11.5. The third-order valence-electron chi connectivity index (χ3n) is 4.70. The van der Waals surface area contributed by atoms with Crippen LogP contribution in [0.2, 0.25) is 10.0 Å². The zero-order valence-electron chi connectivity index (χ0n) is 18.4. The highest BCUT2D eigenvalue weighted by Crippen LogP contribution is 2.32. The lowest BCUT2D eigenvalue weighted by molar-refractivity contribution is -0.111. The maximum Gasteiger partial charge on any atom is 0.248 e. The average molecular weight is 488 g/mol. The first-order valence-corrected chi connectivity index (χ1v) is 10.7. The van der Waals surface area contributed by atoms with E-state index in [1.807, 2.05) is 6.07 Å². The molecule has 8 heteroatoms. The van der Waals surface area contributed by atoms with Gasteiger partial charge in [0.05, 0.1) is 21.3 Å². The number of hydrogen-bond acceptors (Lipinski definition) is 5. The van der Waals surface area contributed by atoms with Gasteiger partial charge in [-0.1, -0.05) is 35.3 Å². The summed E-state index contributed by atoms with van der Waals surface area (Å²) in [6.07, 6.45) is 3.10. The van der Waals surface area contributed by atoms with Crippen molar-refractivity contribution in [2.75, 3.05) is 26.6 Å². The minimum Gasteiger partial charge on any atom is -0.493 e. The number of methoxy groups -OCH3 is 3. The Hall–Kier alpha value is -3.35. The summed E-state index contributed by atoms with van der Waals surface area (Å²) in [4.78, 5) is 12.3. The molecule has 0 radical (unpaired) electrons. The number of carbonyl (C=O) groups excluding carboxylic acids is 1. The first kappa shape index (κ1) is 24.3. The van der Waals surface area contributed by atoms with E-state index >= 15 is 0 Å². The first-order chi connectivity index (χ1) is 15.9. The van der Waals surface area contributed by atoms with Gasteiger partial charge in [0.2, 0.25) is 5.91 Å². The van der Waals surface area contributed by atoms with E-state index in [-0.39, 0.29) is 12.5 Å². The number of amides is 1. The smallest absolute Gasteiger partial charge is 0.248 e. The first-order valence-electron chi connectivity index (χ1n) is 9.90. The van der Waals surface area contributed by atoms with Gasteiger partial charge >= 0.3 is 0 Å². The zero-order valence-corrected chi connectivity index (χ0v) is 19.9. The molecule has 0 aromatic heterocycles. The lowest BCUT2D eigenvalue weighted by atomic mass is 10.2. The Morgan fingerprint density at radius 2 is 1.48 bits per heavy atom. The van der Waals surface area contributed by atoms with E-state index in [2.05, 4.69) is 5.32 Å². The normalized spacial score (nSPS) is 10.7. The molecule has 0 fully saturated rings. The van der Waals surface area contributed by atoms with Gasteiger partial charge in [-0.05, 0) is 48.0 Å². The van der Waals surface area contributed by atoms with Crippen molar-refractivity contribution in [3.63, 3.8) is 0 Å². The molecule has 172 valence electrons. The van der Waals surface area contributed by atoms with Gasteiger partial charge in [-0.3, -0.25) is 4.79 Å². The van der Waals surface area contributed by atoms with Crippen LogP contribution < -0.4 is 24.3 Å². The Balaban J connectivity index is 1.67. The third kappa shape index (κ3) is 6.34. The number of carbonyl (C=O) groups is 1. The molecule has 3 aromatic carbocycles. The molecule has 0 spiro atoms. The number of halogens is 2. The lowest BCUT2D eigenvalue weighted by Crippen LogP contribution is -2.08. The number of ether oxygens (including phenoxy) is 4. The molecule has 3 rings (SSSR count). The lowest BCUT2D eigenvalue weighted by Gasteiger charge is -2.13. The molecule has 0 unspecified atom stereocenters. The molecule has 3 aromatic rings. The summed E-state index contributed by atoms with van der Waals surface area (Å²) in [6.45, 7) is 0.192. The highest BCUT2D eigenvalue weighted by atomic mass is 35.5. The number of rotatable bonds is 9. The summed E-state index contributed by atoms with van der Waals surface area (Å²) >= 11 is 12.4. The SMILES string of the molecule is COc1ccc(NC(=O)C=Cc2ccc(OCc3c(Cl)cccc3Cl)c(OC)c2)cc1OC. The zero-order chi connectivity index (χ0) is 23.8. The van der Waals surface area contributed by atoms with Crippen molar-refractivity contribution in [3.8, 4) is 23.0 Å². The van der Waals surface area contributed by atoms with Crippen molar-refractivity contribution in [1.82, 2.24) is 0 Å². The molecular weight excluding hydrogens is 465 g/mol. The summed E-state index contributed by atoms with van der Waals surface area (Å²) in [5, 5.41) is 3.84. The van der Waals surface area contributed by atoms with Crippen molar-refractivity contribution in [3.05, 3.63) is 81.8 Å². The van der Waals surface area contributed by atoms with E-state index < -0.39 is 0 Å². The van der Waals surface area contributed by atoms with Gasteiger partial charge in [0.1, 0.15) is 6.61 Å². The van der Waals surface area contributed by atoms with Crippen LogP contribution in [0.1, 0.15) is 11.1 Å². The second-order valence-corrected chi connectivity index (χ2v) is 7.61. The van der Waals surface area contributed by atoms with Gasteiger partial charge in [-0.2, -0.15) is 0 Å². The van der Waals surface area contributed by atoms with Crippen LogP contribution in [-0.4, -0.2) is 27.2 Å². The van der Waals surface area contributed by atoms with Gasteiger partial charge in [-0.15, -0.1) is 0 Å². The quantitative estimate of drug-likeness (QED) is 0.361. The number of nitrogens with one attached hydrogen (secondary N) is 1. The predicted octanol–water partition coefficient (Wildman–Crippen LogP) is 6.25. The Morgan fingerprint density at radius 3 is 2.15 bits per heavy atom. The number of anilines is 1. The standard InChI is InChI=1S/C25H23Cl2NO5/c1-30-21-11-9-17(14-24(21)32-3)28-25(29)12-8-16-7-10-22(23(13-16)31-2)33-15-18-19(26)5-4-6-20(18)27/h4-14H,15H2,1-3H3,(H,28,29). The van der Waals surface area contributed by atoms with Crippen LogP contribution in [0.4, 0.5) is 5.69 Å². The molecule has 0 heterocycles. The Kier molecular flexibility index (Phi) is 8.46. The minimum absolute atomic E-state index is 0.192. The largest absolute Gasteiger partial charge is 0.493 e. The Morgan fingerprint density at radius 1 is 0.848 bits per heavy atom. The molecule has 0 aliphatic heterocycles. The van der Waals surface area contributed by atoms with Crippen molar-refractivity contribution >= 4 is 40.9 Å². The van der Waals surface area contributed by atoms with E-state index in [0.717, 1.165) is 5.56 Å². The molecule has 0 saturated carbocycles. The number of hydrogen-bond donors (Lipinski definition) is 1. The fourth-order valence-corrected chi connectivity index (χ4v) is 3.50. The summed E-state index contributed by atoms with van der Waals surface area (Å²) in [5.74, 6) is 1.85. The second-order valence-electron chi connectivity index (χ2n) is 6.79. The van der Waals surface area contributed by atoms with Crippen LogP contribution in [0.3, 0.4) is 0 Å². The summed E-state index contributed by atoms with van der Waals surface area (Å²) in [7, 11) is 4.63. The monoisotopic (exact) mass is 487 g/mol. The van der Waals surface area contributed by atoms with Gasteiger partial charge in [0.15, 0.2) is 23.0 Å². The van der Waals surface area contributed by atoms with E-state index in [0.29, 0.717) is 44.3 Å². The highest BCUT2D eigenvalue weighted by molar-refractivity contribution is 6.35. The van der Waals surface area contributed by atoms with E-state index in [9.17, 15) is 4.79 Å². The molecule has 6 nitrogen and oxygen atoms in total. The van der Waals surface area contributed by atoms with Crippen LogP contribution in [0.15, 0.2) is 60.7 Å². The van der Waals surface area contributed by atoms with Gasteiger partial charge in [0, 0.05) is 33.4 Å². The van der Waals surface area contributed by atoms with Gasteiger partial charge in [0.25, 0.3) is 0 Å². The molecule has 0 saturated heterocycles. The van der Waals surface area contributed by atoms with E-state index in [4.69, 9.17) is 42.1 Å². The molecule has 0 aliphatic carbocycles. The van der Waals surface area contributed by atoms with Crippen LogP contribution in [-0.2, 0) is 11.4 Å². The predicted molar refractivity (Wildman–Crippen MR) is 131 cm³/mol. The molecule has 0 aliphatic rings. The van der Waals surface area contributed by atoms with E-state index in [1.54, 1.807) is 68.8 Å². The molecule has 1 N–H and O–H groups in total. The van der Waals surface area contributed by atoms with Crippen LogP contribution in [0.5, 0.6) is 23.0 Å². The maximum atomic E-state index is 12.3. The highest BCUT2D eigenvalue weighted by Gasteiger charge is 2.10. The molecule has 33 heavy (non-hydrogen) atoms. The van der Waals surface area contributed by atoms with Crippen molar-refractivity contribution in [2.24, 2.45) is 0 Å². The fourth-order valence-electron chi connectivity index (χ4n) is 3.00. The maximum absolute atomic E-state index is 12.3. The van der Waals surface area contributed by atoms with Crippen molar-refractivity contribution < 1.29 is 23.7 Å². The molecular formula is C25H23Cl2NO5. The van der Waals surface area contributed by atoms with Crippen LogP contribution in [0.25, 0.3) is 6.08 Å². The fraction of sp³-hybridized carbons (Fsp3) is 0.160. The van der Waals surface area contributed by atoms with Crippen molar-refractivity contribution in [2.45, 2.75) is 6.61 Å². The summed E-state index contributed by atoms with van der Waals surface area (Å²) in [5.41, 5.74) is 2.04. The summed E-state index contributed by atoms with van der Waals surface area (Å²) in [6, 6.07) is 15.8. The topological polar surface area (TPSA) is 66.0 Å². The number of benzene rings is 3. The minimum atomic E-state index is -0.296. The third-order valence-corrected chi connectivity index (χ3v) is 5.41. The van der Waals surface area contributed by atoms with E-state index in [1.165, 1.54) is 13.2 Å². The summed E-state index contributed by atoms with van der Waals surface area (Å²) < 4.78 is 21.7.